The summed E-state index contributed by atoms with van der Waals surface area (Å²) in [5.74, 6) is 0.841. The van der Waals surface area contributed by atoms with E-state index in [0.29, 0.717) is 0 Å². The minimum absolute atomic E-state index is 0.236. The van der Waals surface area contributed by atoms with Crippen LogP contribution in [-0.2, 0) is 0 Å². The Balaban J connectivity index is 2.50. The number of nitriles is 1. The molecule has 0 aromatic heterocycles. The minimum atomic E-state index is -0.236. The molecule has 0 unspecified atom stereocenters. The fraction of sp³-hybridized carbons (Fsp3) is 0.364. The molecule has 0 amide bonds. The maximum absolute atomic E-state index is 8.81. The van der Waals surface area contributed by atoms with Gasteiger partial charge >= 0.3 is 0 Å². The fourth-order valence-corrected chi connectivity index (χ4v) is 1.75. The zero-order valence-electron chi connectivity index (χ0n) is 7.95. The average molecular weight is 191 g/mol. The SMILES string of the molecule is CC(C)(C#N)CSc1ccccc1. The van der Waals surface area contributed by atoms with E-state index in [1.54, 1.807) is 11.8 Å². The Morgan fingerprint density at radius 1 is 1.31 bits per heavy atom. The lowest BCUT2D eigenvalue weighted by Crippen LogP contribution is -2.10. The highest BCUT2D eigenvalue weighted by molar-refractivity contribution is 7.99. The van der Waals surface area contributed by atoms with Gasteiger partial charge in [0, 0.05) is 10.6 Å². The second-order valence-electron chi connectivity index (χ2n) is 3.60. The monoisotopic (exact) mass is 191 g/mol. The van der Waals surface area contributed by atoms with Crippen LogP contribution in [0.4, 0.5) is 0 Å². The Morgan fingerprint density at radius 3 is 2.46 bits per heavy atom. The topological polar surface area (TPSA) is 23.8 Å². The molecule has 1 aromatic carbocycles. The average Bonchev–Trinajstić information content (AvgIpc) is 2.17. The Labute approximate surface area is 83.8 Å². The normalized spacial score (nSPS) is 10.8. The van der Waals surface area contributed by atoms with Gasteiger partial charge in [-0.15, -0.1) is 11.8 Å². The molecule has 0 saturated heterocycles. The van der Waals surface area contributed by atoms with E-state index < -0.39 is 0 Å². The second-order valence-corrected chi connectivity index (χ2v) is 4.65. The minimum Gasteiger partial charge on any atom is -0.198 e. The van der Waals surface area contributed by atoms with Crippen molar-refractivity contribution in [1.82, 2.24) is 0 Å². The van der Waals surface area contributed by atoms with Gasteiger partial charge in [0.25, 0.3) is 0 Å². The van der Waals surface area contributed by atoms with Gasteiger partial charge in [0.05, 0.1) is 11.5 Å². The molecule has 0 heterocycles. The summed E-state index contributed by atoms with van der Waals surface area (Å²) in [5.41, 5.74) is -0.236. The highest BCUT2D eigenvalue weighted by atomic mass is 32.2. The zero-order valence-corrected chi connectivity index (χ0v) is 8.77. The summed E-state index contributed by atoms with van der Waals surface area (Å²) in [4.78, 5) is 1.23. The van der Waals surface area contributed by atoms with Crippen molar-refractivity contribution in [3.05, 3.63) is 30.3 Å². The molecule has 0 saturated carbocycles. The lowest BCUT2D eigenvalue weighted by molar-refractivity contribution is 0.574. The molecule has 0 bridgehead atoms. The standard InChI is InChI=1S/C11H13NS/c1-11(2,8-12)9-13-10-6-4-3-5-7-10/h3-7H,9H2,1-2H3. The highest BCUT2D eigenvalue weighted by Crippen LogP contribution is 2.26. The molecule has 0 aliphatic rings. The van der Waals surface area contributed by atoms with Crippen LogP contribution in [0.3, 0.4) is 0 Å². The van der Waals surface area contributed by atoms with Gasteiger partial charge in [0.15, 0.2) is 0 Å². The largest absolute Gasteiger partial charge is 0.198 e. The van der Waals surface area contributed by atoms with Crippen molar-refractivity contribution in [3.63, 3.8) is 0 Å². The molecule has 0 aliphatic heterocycles. The first-order chi connectivity index (χ1) is 6.14. The third-order valence-corrected chi connectivity index (χ3v) is 3.12. The Kier molecular flexibility index (Phi) is 3.39. The predicted octanol–water partition coefficient (Wildman–Crippen LogP) is 3.33. The first-order valence-electron chi connectivity index (χ1n) is 4.23. The smallest absolute Gasteiger partial charge is 0.0692 e. The van der Waals surface area contributed by atoms with Gasteiger partial charge in [0.1, 0.15) is 0 Å². The van der Waals surface area contributed by atoms with E-state index in [1.807, 2.05) is 32.0 Å². The van der Waals surface area contributed by atoms with Gasteiger partial charge in [0.2, 0.25) is 0 Å². The second kappa shape index (κ2) is 4.34. The quantitative estimate of drug-likeness (QED) is 0.684. The maximum Gasteiger partial charge on any atom is 0.0692 e. The van der Waals surface area contributed by atoms with Gasteiger partial charge in [-0.3, -0.25) is 0 Å². The van der Waals surface area contributed by atoms with Gasteiger partial charge in [-0.2, -0.15) is 5.26 Å². The summed E-state index contributed by atoms with van der Waals surface area (Å²) in [6.45, 7) is 3.92. The van der Waals surface area contributed by atoms with Crippen molar-refractivity contribution in [1.29, 1.82) is 5.26 Å². The maximum atomic E-state index is 8.81. The van der Waals surface area contributed by atoms with E-state index in [0.717, 1.165) is 5.75 Å². The lowest BCUT2D eigenvalue weighted by Gasteiger charge is -2.13. The number of benzene rings is 1. The molecular formula is C11H13NS. The van der Waals surface area contributed by atoms with Crippen LogP contribution in [0.15, 0.2) is 35.2 Å². The molecule has 0 atom stereocenters. The van der Waals surface area contributed by atoms with Crippen LogP contribution < -0.4 is 0 Å². The molecule has 0 N–H and O–H groups in total. The summed E-state index contributed by atoms with van der Waals surface area (Å²) >= 11 is 1.73. The van der Waals surface area contributed by atoms with Crippen LogP contribution in [0.2, 0.25) is 0 Å². The van der Waals surface area contributed by atoms with Crippen LogP contribution in [-0.4, -0.2) is 5.75 Å². The van der Waals surface area contributed by atoms with Crippen LogP contribution in [0.25, 0.3) is 0 Å². The van der Waals surface area contributed by atoms with Crippen LogP contribution in [0, 0.1) is 16.7 Å². The van der Waals surface area contributed by atoms with Gasteiger partial charge < -0.3 is 0 Å². The highest BCUT2D eigenvalue weighted by Gasteiger charge is 2.16. The number of rotatable bonds is 3. The van der Waals surface area contributed by atoms with Crippen LogP contribution >= 0.6 is 11.8 Å². The van der Waals surface area contributed by atoms with Crippen LogP contribution in [0.1, 0.15) is 13.8 Å². The molecule has 1 rings (SSSR count). The van der Waals surface area contributed by atoms with E-state index in [-0.39, 0.29) is 5.41 Å². The Hall–Kier alpha value is -0.940. The Bertz CT molecular complexity index is 298. The van der Waals surface area contributed by atoms with Gasteiger partial charge in [-0.05, 0) is 26.0 Å². The Morgan fingerprint density at radius 2 is 1.92 bits per heavy atom. The van der Waals surface area contributed by atoms with Crippen molar-refractivity contribution >= 4 is 11.8 Å². The predicted molar refractivity (Wildman–Crippen MR) is 56.6 cm³/mol. The van der Waals surface area contributed by atoms with Gasteiger partial charge in [-0.1, -0.05) is 18.2 Å². The van der Waals surface area contributed by atoms with Crippen molar-refractivity contribution in [3.8, 4) is 6.07 Å². The summed E-state index contributed by atoms with van der Waals surface area (Å²) < 4.78 is 0. The first kappa shape index (κ1) is 10.1. The molecule has 0 radical (unpaired) electrons. The van der Waals surface area contributed by atoms with E-state index >= 15 is 0 Å². The van der Waals surface area contributed by atoms with Crippen LogP contribution in [0.5, 0.6) is 0 Å². The van der Waals surface area contributed by atoms with E-state index in [1.165, 1.54) is 4.90 Å². The molecule has 0 aliphatic carbocycles. The van der Waals surface area contributed by atoms with E-state index in [2.05, 4.69) is 18.2 Å². The third kappa shape index (κ3) is 3.52. The molecule has 13 heavy (non-hydrogen) atoms. The molecule has 1 nitrogen and oxygen atoms in total. The van der Waals surface area contributed by atoms with Crippen molar-refractivity contribution in [2.24, 2.45) is 5.41 Å². The van der Waals surface area contributed by atoms with Crippen molar-refractivity contribution < 1.29 is 0 Å². The number of nitrogens with zero attached hydrogens (tertiary/aromatic N) is 1. The molecule has 68 valence electrons. The summed E-state index contributed by atoms with van der Waals surface area (Å²) in [6, 6.07) is 12.5. The third-order valence-electron chi connectivity index (χ3n) is 1.65. The van der Waals surface area contributed by atoms with Crippen molar-refractivity contribution in [2.75, 3.05) is 5.75 Å². The zero-order chi connectivity index (χ0) is 9.73. The molecule has 0 spiro atoms. The van der Waals surface area contributed by atoms with E-state index in [4.69, 9.17) is 5.26 Å². The number of hydrogen-bond donors (Lipinski definition) is 0. The summed E-state index contributed by atoms with van der Waals surface area (Å²) in [7, 11) is 0. The lowest BCUT2D eigenvalue weighted by atomic mass is 10.00. The fourth-order valence-electron chi connectivity index (χ4n) is 0.813. The molecule has 1 aromatic rings. The number of thioether (sulfide) groups is 1. The molecular weight excluding hydrogens is 178 g/mol. The van der Waals surface area contributed by atoms with Gasteiger partial charge in [-0.25, -0.2) is 0 Å². The summed E-state index contributed by atoms with van der Waals surface area (Å²) in [5, 5.41) is 8.81. The van der Waals surface area contributed by atoms with E-state index in [9.17, 15) is 0 Å². The summed E-state index contributed by atoms with van der Waals surface area (Å²) in [6.07, 6.45) is 0. The molecule has 2 heteroatoms. The first-order valence-corrected chi connectivity index (χ1v) is 5.22. The molecule has 0 fully saturated rings. The number of hydrogen-bond acceptors (Lipinski definition) is 2. The van der Waals surface area contributed by atoms with Crippen molar-refractivity contribution in [2.45, 2.75) is 18.7 Å².